The minimum absolute atomic E-state index is 0.231. The van der Waals surface area contributed by atoms with Crippen molar-refractivity contribution < 1.29 is 0 Å². The Hall–Kier alpha value is -1.10. The van der Waals surface area contributed by atoms with E-state index in [1.54, 1.807) is 0 Å². The molecular formula is C15H19N3S. The van der Waals surface area contributed by atoms with Crippen LogP contribution in [0.3, 0.4) is 0 Å². The van der Waals surface area contributed by atoms with Gasteiger partial charge in [-0.1, -0.05) is 18.6 Å². The summed E-state index contributed by atoms with van der Waals surface area (Å²) in [5, 5.41) is 1.76. The molecule has 0 radical (unpaired) electrons. The van der Waals surface area contributed by atoms with E-state index in [0.717, 1.165) is 5.52 Å². The standard InChI is InChI=1S/C15H19N3S/c16-18-15(14-5-1-2-9-19-14)12-6-7-13-11(10-12)4-3-8-17-13/h3-4,6-8,10,14-15,18H,1-2,5,9,16H2. The number of aromatic nitrogens is 1. The second kappa shape index (κ2) is 5.90. The molecule has 3 rings (SSSR count). The molecule has 4 heteroatoms. The molecule has 3 nitrogen and oxygen atoms in total. The number of hydrogen-bond acceptors (Lipinski definition) is 4. The van der Waals surface area contributed by atoms with Gasteiger partial charge in [0.05, 0.1) is 11.6 Å². The van der Waals surface area contributed by atoms with Crippen LogP contribution in [0.15, 0.2) is 36.5 Å². The number of nitrogens with two attached hydrogens (primary N) is 1. The van der Waals surface area contributed by atoms with Crippen molar-refractivity contribution in [2.75, 3.05) is 5.75 Å². The second-order valence-corrected chi connectivity index (χ2v) is 6.35. The maximum absolute atomic E-state index is 5.80. The molecule has 1 saturated heterocycles. The zero-order valence-corrected chi connectivity index (χ0v) is 11.7. The fourth-order valence-corrected chi connectivity index (χ4v) is 4.17. The Morgan fingerprint density at radius 1 is 1.32 bits per heavy atom. The average molecular weight is 273 g/mol. The summed E-state index contributed by atoms with van der Waals surface area (Å²) in [7, 11) is 0. The summed E-state index contributed by atoms with van der Waals surface area (Å²) in [5.41, 5.74) is 5.32. The summed E-state index contributed by atoms with van der Waals surface area (Å²) in [4.78, 5) is 4.36. The molecule has 3 N–H and O–H groups in total. The largest absolute Gasteiger partial charge is 0.271 e. The van der Waals surface area contributed by atoms with Gasteiger partial charge in [0.2, 0.25) is 0 Å². The first kappa shape index (κ1) is 12.9. The van der Waals surface area contributed by atoms with E-state index < -0.39 is 0 Å². The number of fused-ring (bicyclic) bond motifs is 1. The molecule has 0 spiro atoms. The molecule has 1 aliphatic heterocycles. The lowest BCUT2D eigenvalue weighted by molar-refractivity contribution is 0.492. The Labute approximate surface area is 117 Å². The third-order valence-corrected chi connectivity index (χ3v) is 5.21. The molecule has 1 aliphatic rings. The van der Waals surface area contributed by atoms with Gasteiger partial charge < -0.3 is 0 Å². The molecule has 0 bridgehead atoms. The van der Waals surface area contributed by atoms with Crippen molar-refractivity contribution in [1.29, 1.82) is 0 Å². The third-order valence-electron chi connectivity index (χ3n) is 3.75. The number of hydrazine groups is 1. The van der Waals surface area contributed by atoms with Crippen molar-refractivity contribution in [2.45, 2.75) is 30.6 Å². The minimum atomic E-state index is 0.231. The van der Waals surface area contributed by atoms with Crippen molar-refractivity contribution in [2.24, 2.45) is 5.84 Å². The Kier molecular flexibility index (Phi) is 4.01. The molecule has 1 aromatic carbocycles. The predicted molar refractivity (Wildman–Crippen MR) is 81.9 cm³/mol. The number of pyridine rings is 1. The topological polar surface area (TPSA) is 50.9 Å². The van der Waals surface area contributed by atoms with Gasteiger partial charge in [-0.3, -0.25) is 16.3 Å². The summed E-state index contributed by atoms with van der Waals surface area (Å²) in [6.45, 7) is 0. The minimum Gasteiger partial charge on any atom is -0.271 e. The highest BCUT2D eigenvalue weighted by atomic mass is 32.2. The van der Waals surface area contributed by atoms with E-state index in [9.17, 15) is 0 Å². The molecular weight excluding hydrogens is 254 g/mol. The molecule has 1 fully saturated rings. The summed E-state index contributed by atoms with van der Waals surface area (Å²) >= 11 is 2.04. The lowest BCUT2D eigenvalue weighted by atomic mass is 9.98. The Bertz CT molecular complexity index is 552. The highest BCUT2D eigenvalue weighted by Gasteiger charge is 2.24. The summed E-state index contributed by atoms with van der Waals surface area (Å²) in [6.07, 6.45) is 5.72. The van der Waals surface area contributed by atoms with Gasteiger partial charge in [0, 0.05) is 16.8 Å². The van der Waals surface area contributed by atoms with E-state index in [2.05, 4.69) is 34.7 Å². The fourth-order valence-electron chi connectivity index (χ4n) is 2.73. The van der Waals surface area contributed by atoms with E-state index in [1.165, 1.54) is 36.0 Å². The van der Waals surface area contributed by atoms with Gasteiger partial charge in [0.25, 0.3) is 0 Å². The average Bonchev–Trinajstić information content (AvgIpc) is 2.49. The smallest absolute Gasteiger partial charge is 0.0702 e. The van der Waals surface area contributed by atoms with Crippen LogP contribution >= 0.6 is 11.8 Å². The normalized spacial score (nSPS) is 21.4. The molecule has 0 aliphatic carbocycles. The number of nitrogens with one attached hydrogen (secondary N) is 1. The van der Waals surface area contributed by atoms with Crippen LogP contribution in [0.4, 0.5) is 0 Å². The number of nitrogens with zero attached hydrogens (tertiary/aromatic N) is 1. The summed E-state index contributed by atoms with van der Waals surface area (Å²) < 4.78 is 0. The summed E-state index contributed by atoms with van der Waals surface area (Å²) in [6, 6.07) is 10.8. The van der Waals surface area contributed by atoms with Gasteiger partial charge in [-0.25, -0.2) is 0 Å². The van der Waals surface area contributed by atoms with Gasteiger partial charge >= 0.3 is 0 Å². The fraction of sp³-hybridized carbons (Fsp3) is 0.400. The van der Waals surface area contributed by atoms with Gasteiger partial charge in [-0.2, -0.15) is 11.8 Å². The van der Waals surface area contributed by atoms with E-state index in [4.69, 9.17) is 5.84 Å². The molecule has 2 aromatic rings. The van der Waals surface area contributed by atoms with Crippen molar-refractivity contribution >= 4 is 22.7 Å². The van der Waals surface area contributed by atoms with Crippen LogP contribution in [0.25, 0.3) is 10.9 Å². The zero-order chi connectivity index (χ0) is 13.1. The van der Waals surface area contributed by atoms with Crippen LogP contribution in [-0.2, 0) is 0 Å². The number of hydrogen-bond donors (Lipinski definition) is 2. The van der Waals surface area contributed by atoms with E-state index in [-0.39, 0.29) is 6.04 Å². The van der Waals surface area contributed by atoms with E-state index in [0.29, 0.717) is 5.25 Å². The second-order valence-electron chi connectivity index (χ2n) is 5.00. The molecule has 2 atom stereocenters. The Balaban J connectivity index is 1.91. The zero-order valence-electron chi connectivity index (χ0n) is 10.9. The monoisotopic (exact) mass is 273 g/mol. The predicted octanol–water partition coefficient (Wildman–Crippen LogP) is 3.02. The van der Waals surface area contributed by atoms with Gasteiger partial charge in [0.1, 0.15) is 0 Å². The van der Waals surface area contributed by atoms with Crippen molar-refractivity contribution in [3.8, 4) is 0 Å². The van der Waals surface area contributed by atoms with Crippen LogP contribution in [0.2, 0.25) is 0 Å². The molecule has 2 unspecified atom stereocenters. The van der Waals surface area contributed by atoms with Crippen LogP contribution in [0.5, 0.6) is 0 Å². The van der Waals surface area contributed by atoms with Crippen molar-refractivity contribution in [1.82, 2.24) is 10.4 Å². The first-order valence-electron chi connectivity index (χ1n) is 6.81. The number of benzene rings is 1. The van der Waals surface area contributed by atoms with Crippen LogP contribution < -0.4 is 11.3 Å². The molecule has 100 valence electrons. The lowest BCUT2D eigenvalue weighted by Crippen LogP contribution is -2.36. The van der Waals surface area contributed by atoms with Gasteiger partial charge in [0.15, 0.2) is 0 Å². The molecule has 2 heterocycles. The van der Waals surface area contributed by atoms with Crippen molar-refractivity contribution in [3.63, 3.8) is 0 Å². The van der Waals surface area contributed by atoms with Crippen LogP contribution in [0.1, 0.15) is 30.9 Å². The quantitative estimate of drug-likeness (QED) is 0.666. The lowest BCUT2D eigenvalue weighted by Gasteiger charge is -2.29. The summed E-state index contributed by atoms with van der Waals surface area (Å²) in [5.74, 6) is 7.05. The first-order valence-corrected chi connectivity index (χ1v) is 7.86. The molecule has 0 amide bonds. The van der Waals surface area contributed by atoms with Crippen LogP contribution in [0, 0.1) is 0 Å². The highest BCUT2D eigenvalue weighted by Crippen LogP contribution is 2.35. The number of thioether (sulfide) groups is 1. The molecule has 0 saturated carbocycles. The molecule has 1 aromatic heterocycles. The van der Waals surface area contributed by atoms with Crippen LogP contribution in [-0.4, -0.2) is 16.0 Å². The van der Waals surface area contributed by atoms with Gasteiger partial charge in [-0.05, 0) is 42.4 Å². The maximum atomic E-state index is 5.80. The Morgan fingerprint density at radius 3 is 3.05 bits per heavy atom. The maximum Gasteiger partial charge on any atom is 0.0702 e. The van der Waals surface area contributed by atoms with E-state index >= 15 is 0 Å². The van der Waals surface area contributed by atoms with E-state index in [1.807, 2.05) is 24.0 Å². The SMILES string of the molecule is NNC(c1ccc2ncccc2c1)C1CCCCS1. The van der Waals surface area contributed by atoms with Gasteiger partial charge in [-0.15, -0.1) is 0 Å². The first-order chi connectivity index (χ1) is 9.38. The van der Waals surface area contributed by atoms with Crippen molar-refractivity contribution in [3.05, 3.63) is 42.1 Å². The number of rotatable bonds is 3. The Morgan fingerprint density at radius 2 is 2.26 bits per heavy atom. The highest BCUT2D eigenvalue weighted by molar-refractivity contribution is 8.00. The third kappa shape index (κ3) is 2.76. The molecule has 19 heavy (non-hydrogen) atoms.